The van der Waals surface area contributed by atoms with E-state index in [1.165, 1.54) is 12.1 Å². The summed E-state index contributed by atoms with van der Waals surface area (Å²) in [5.41, 5.74) is 5.17. The molecule has 10 heteroatoms. The molecule has 0 aliphatic heterocycles. The van der Waals surface area contributed by atoms with E-state index in [2.05, 4.69) is 10.3 Å². The van der Waals surface area contributed by atoms with E-state index in [0.717, 1.165) is 29.2 Å². The average Bonchev–Trinajstić information content (AvgIpc) is 2.91. The summed E-state index contributed by atoms with van der Waals surface area (Å²) in [5, 5.41) is 2.86. The summed E-state index contributed by atoms with van der Waals surface area (Å²) < 4.78 is 38.8. The predicted molar refractivity (Wildman–Crippen MR) is 151 cm³/mol. The van der Waals surface area contributed by atoms with E-state index in [1.807, 2.05) is 48.0 Å². The molecule has 0 spiro atoms. The normalized spacial score (nSPS) is 12.0. The van der Waals surface area contributed by atoms with Gasteiger partial charge in [-0.15, -0.1) is 0 Å². The molecule has 1 unspecified atom stereocenters. The molecule has 0 fully saturated rings. The van der Waals surface area contributed by atoms with Crippen LogP contribution in [-0.2, 0) is 32.2 Å². The molecule has 8 nitrogen and oxygen atoms in total. The first-order valence-electron chi connectivity index (χ1n) is 11.9. The van der Waals surface area contributed by atoms with Crippen molar-refractivity contribution >= 4 is 32.6 Å². The quantitative estimate of drug-likeness (QED) is 0.332. The molecule has 0 radical (unpaired) electrons. The molecule has 2 amide bonds. The number of carbonyl (C=O) groups excluding carboxylic acids is 2. The number of sulfonamides is 1. The number of pyridine rings is 1. The molecule has 39 heavy (non-hydrogen) atoms. The lowest BCUT2D eigenvalue weighted by molar-refractivity contribution is -0.117. The average molecular weight is 562 g/mol. The monoisotopic (exact) mass is 561 g/mol. The van der Waals surface area contributed by atoms with Gasteiger partial charge in [0.1, 0.15) is 0 Å². The maximum atomic E-state index is 12.7. The molecule has 200 valence electrons. The third kappa shape index (κ3) is 6.84. The van der Waals surface area contributed by atoms with Crippen molar-refractivity contribution < 1.29 is 22.2 Å². The zero-order chi connectivity index (χ0) is 28.2. The lowest BCUT2D eigenvalue weighted by Crippen LogP contribution is -2.28. The van der Waals surface area contributed by atoms with Gasteiger partial charge in [-0.3, -0.25) is 18.8 Å². The van der Waals surface area contributed by atoms with Gasteiger partial charge in [-0.05, 0) is 77.2 Å². The fourth-order valence-corrected chi connectivity index (χ4v) is 5.90. The first-order valence-corrected chi connectivity index (χ1v) is 15.0. The highest BCUT2D eigenvalue weighted by Gasteiger charge is 2.16. The van der Waals surface area contributed by atoms with Crippen LogP contribution in [0, 0.1) is 6.92 Å². The number of hydrogen-bond acceptors (Lipinski definition) is 6. The molecule has 4 rings (SSSR count). The number of amides is 2. The van der Waals surface area contributed by atoms with Gasteiger partial charge in [0.15, 0.2) is 0 Å². The molecule has 0 aliphatic rings. The maximum Gasteiger partial charge on any atom is 0.264 e. The van der Waals surface area contributed by atoms with Crippen molar-refractivity contribution in [3.8, 4) is 22.3 Å². The minimum absolute atomic E-state index is 0.00610. The van der Waals surface area contributed by atoms with E-state index in [9.17, 15) is 22.2 Å². The van der Waals surface area contributed by atoms with Crippen LogP contribution in [0.4, 0.5) is 0 Å². The van der Waals surface area contributed by atoms with Gasteiger partial charge in [-0.2, -0.15) is 0 Å². The molecule has 1 aromatic heterocycles. The summed E-state index contributed by atoms with van der Waals surface area (Å²) in [6.07, 6.45) is 3.24. The van der Waals surface area contributed by atoms with Gasteiger partial charge in [0.2, 0.25) is 5.91 Å². The molecule has 3 aromatic carbocycles. The standard InChI is InChI=1S/C29H27N3O5S2/c1-19-10-11-25(17-28(19)38(3)35)29(34)31-18-26-15-24(12-13-30-26)22-7-4-6-21(14-22)23-8-5-9-27(16-23)39(36,37)32-20(2)33/h4-17H,18H2,1-3H3,(H,31,34)(H,32,33). The summed E-state index contributed by atoms with van der Waals surface area (Å²) in [6, 6.07) is 22.8. The first-order chi connectivity index (χ1) is 18.5. The Labute approximate surface area is 230 Å². The number of rotatable bonds is 8. The van der Waals surface area contributed by atoms with Gasteiger partial charge in [-0.25, -0.2) is 13.1 Å². The topological polar surface area (TPSA) is 122 Å². The Morgan fingerprint density at radius 2 is 1.51 bits per heavy atom. The Morgan fingerprint density at radius 3 is 2.18 bits per heavy atom. The van der Waals surface area contributed by atoms with E-state index in [4.69, 9.17) is 0 Å². The second-order valence-electron chi connectivity index (χ2n) is 8.92. The lowest BCUT2D eigenvalue weighted by atomic mass is 9.99. The number of aryl methyl sites for hydroxylation is 1. The van der Waals surface area contributed by atoms with Crippen molar-refractivity contribution in [2.24, 2.45) is 0 Å². The summed E-state index contributed by atoms with van der Waals surface area (Å²) in [4.78, 5) is 29.0. The summed E-state index contributed by atoms with van der Waals surface area (Å²) in [6.45, 7) is 3.20. The predicted octanol–water partition coefficient (Wildman–Crippen LogP) is 4.22. The van der Waals surface area contributed by atoms with Crippen molar-refractivity contribution in [3.63, 3.8) is 0 Å². The lowest BCUT2D eigenvalue weighted by Gasteiger charge is -2.10. The van der Waals surface area contributed by atoms with Crippen LogP contribution in [0.3, 0.4) is 0 Å². The van der Waals surface area contributed by atoms with E-state index < -0.39 is 26.7 Å². The molecule has 2 N–H and O–H groups in total. The number of hydrogen-bond donors (Lipinski definition) is 2. The molecular formula is C29H27N3O5S2. The number of aromatic nitrogens is 1. The maximum absolute atomic E-state index is 12.7. The summed E-state index contributed by atoms with van der Waals surface area (Å²) in [5.74, 6) is -0.946. The summed E-state index contributed by atoms with van der Waals surface area (Å²) in [7, 11) is -5.15. The van der Waals surface area contributed by atoms with Crippen molar-refractivity contribution in [1.82, 2.24) is 15.0 Å². The number of carbonyl (C=O) groups is 2. The van der Waals surface area contributed by atoms with E-state index >= 15 is 0 Å². The first kappa shape index (κ1) is 27.9. The van der Waals surface area contributed by atoms with Gasteiger partial charge in [-0.1, -0.05) is 36.4 Å². The highest BCUT2D eigenvalue weighted by Crippen LogP contribution is 2.28. The van der Waals surface area contributed by atoms with Gasteiger partial charge in [0, 0.05) is 29.8 Å². The van der Waals surface area contributed by atoms with Crippen LogP contribution < -0.4 is 10.0 Å². The van der Waals surface area contributed by atoms with Crippen molar-refractivity contribution in [1.29, 1.82) is 0 Å². The molecule has 0 aliphatic carbocycles. The van der Waals surface area contributed by atoms with Crippen LogP contribution in [0.5, 0.6) is 0 Å². The fourth-order valence-electron chi connectivity index (χ4n) is 4.05. The Morgan fingerprint density at radius 1 is 0.872 bits per heavy atom. The van der Waals surface area contributed by atoms with Crippen LogP contribution in [0.25, 0.3) is 22.3 Å². The van der Waals surface area contributed by atoms with Crippen molar-refractivity contribution in [2.75, 3.05) is 6.26 Å². The SMILES string of the molecule is CC(=O)NS(=O)(=O)c1cccc(-c2cccc(-c3ccnc(CNC(=O)c4ccc(C)c(S(C)=O)c4)c3)c2)c1. The second kappa shape index (κ2) is 11.7. The fraction of sp³-hybridized carbons (Fsp3) is 0.138. The Bertz CT molecular complexity index is 1700. The van der Waals surface area contributed by atoms with Gasteiger partial charge in [0.05, 0.1) is 27.9 Å². The number of nitrogens with zero attached hydrogens (tertiary/aromatic N) is 1. The molecule has 0 bridgehead atoms. The van der Waals surface area contributed by atoms with Crippen molar-refractivity contribution in [2.45, 2.75) is 30.2 Å². The van der Waals surface area contributed by atoms with Crippen molar-refractivity contribution in [3.05, 3.63) is 102 Å². The minimum Gasteiger partial charge on any atom is -0.346 e. The van der Waals surface area contributed by atoms with Crippen LogP contribution in [0.2, 0.25) is 0 Å². The summed E-state index contributed by atoms with van der Waals surface area (Å²) >= 11 is 0. The minimum atomic E-state index is -3.96. The smallest absolute Gasteiger partial charge is 0.264 e. The molecule has 1 heterocycles. The Balaban J connectivity index is 1.53. The molecule has 1 atom stereocenters. The van der Waals surface area contributed by atoms with E-state index in [-0.39, 0.29) is 17.3 Å². The van der Waals surface area contributed by atoms with Gasteiger partial charge >= 0.3 is 0 Å². The molecule has 0 saturated carbocycles. The van der Waals surface area contributed by atoms with Crippen LogP contribution in [-0.4, -0.2) is 35.7 Å². The van der Waals surface area contributed by atoms with Crippen LogP contribution >= 0.6 is 0 Å². The Hall–Kier alpha value is -4.15. The van der Waals surface area contributed by atoms with E-state index in [1.54, 1.807) is 42.8 Å². The highest BCUT2D eigenvalue weighted by molar-refractivity contribution is 7.90. The zero-order valence-electron chi connectivity index (χ0n) is 21.6. The molecule has 0 saturated heterocycles. The zero-order valence-corrected chi connectivity index (χ0v) is 23.2. The largest absolute Gasteiger partial charge is 0.346 e. The van der Waals surface area contributed by atoms with Crippen LogP contribution in [0.15, 0.2) is 94.9 Å². The van der Waals surface area contributed by atoms with Crippen LogP contribution in [0.1, 0.15) is 28.5 Å². The van der Waals surface area contributed by atoms with E-state index in [0.29, 0.717) is 21.7 Å². The molecule has 4 aromatic rings. The number of nitrogens with one attached hydrogen (secondary N) is 2. The molecular weight excluding hydrogens is 534 g/mol. The third-order valence-electron chi connectivity index (χ3n) is 5.96. The second-order valence-corrected chi connectivity index (χ2v) is 12.0. The number of benzene rings is 3. The highest BCUT2D eigenvalue weighted by atomic mass is 32.2. The van der Waals surface area contributed by atoms with Gasteiger partial charge < -0.3 is 5.32 Å². The Kier molecular flexibility index (Phi) is 8.37. The van der Waals surface area contributed by atoms with Gasteiger partial charge in [0.25, 0.3) is 15.9 Å². The third-order valence-corrected chi connectivity index (χ3v) is 8.45.